The Bertz CT molecular complexity index is 548. The highest BCUT2D eigenvalue weighted by Gasteiger charge is 2.27. The van der Waals surface area contributed by atoms with Crippen molar-refractivity contribution in [2.24, 2.45) is 0 Å². The van der Waals surface area contributed by atoms with E-state index in [0.717, 1.165) is 44.5 Å². The molecular weight excluding hydrogens is 338 g/mol. The fourth-order valence-corrected chi connectivity index (χ4v) is 4.09. The third kappa shape index (κ3) is 4.73. The largest absolute Gasteiger partial charge is 0.337 e. The highest BCUT2D eigenvalue weighted by atomic mass is 35.5. The summed E-state index contributed by atoms with van der Waals surface area (Å²) in [6, 6.07) is 0.716. The first kappa shape index (κ1) is 20.2. The highest BCUT2D eigenvalue weighted by molar-refractivity contribution is 5.93. The summed E-state index contributed by atoms with van der Waals surface area (Å²) in [6.07, 6.45) is 10.7. The van der Waals surface area contributed by atoms with Crippen molar-refractivity contribution in [2.75, 3.05) is 20.1 Å². The summed E-state index contributed by atoms with van der Waals surface area (Å²) in [6.45, 7) is 4.01. The van der Waals surface area contributed by atoms with Crippen molar-refractivity contribution in [1.29, 1.82) is 0 Å². The molecule has 0 atom stereocenters. The maximum Gasteiger partial charge on any atom is 0.276 e. The molecule has 0 radical (unpaired) electrons. The normalized spacial score (nSPS) is 20.4. The van der Waals surface area contributed by atoms with E-state index in [4.69, 9.17) is 0 Å². The third-order valence-corrected chi connectivity index (χ3v) is 5.73. The Kier molecular flexibility index (Phi) is 7.69. The molecule has 1 aromatic heterocycles. The summed E-state index contributed by atoms with van der Waals surface area (Å²) in [5.41, 5.74) is 1.46. The topological polar surface area (TPSA) is 63.1 Å². The van der Waals surface area contributed by atoms with E-state index < -0.39 is 0 Å². The lowest BCUT2D eigenvalue weighted by atomic mass is 9.95. The van der Waals surface area contributed by atoms with Crippen molar-refractivity contribution >= 4 is 18.3 Å². The number of rotatable bonds is 3. The van der Waals surface area contributed by atoms with E-state index in [2.05, 4.69) is 15.6 Å². The number of carbonyl (C=O) groups excluding carboxylic acids is 1. The molecule has 7 heteroatoms. The van der Waals surface area contributed by atoms with Crippen molar-refractivity contribution in [3.8, 4) is 0 Å². The maximum atomic E-state index is 13.0. The Hall–Kier alpha value is -1.14. The molecule has 2 heterocycles. The average molecular weight is 370 g/mol. The molecule has 2 aliphatic rings. The Morgan fingerprint density at radius 2 is 1.68 bits per heavy atom. The minimum atomic E-state index is 0. The van der Waals surface area contributed by atoms with Gasteiger partial charge < -0.3 is 10.2 Å². The van der Waals surface area contributed by atoms with Crippen LogP contribution in [-0.2, 0) is 0 Å². The van der Waals surface area contributed by atoms with E-state index in [1.165, 1.54) is 32.1 Å². The quantitative estimate of drug-likeness (QED) is 0.889. The molecule has 3 rings (SSSR count). The van der Waals surface area contributed by atoms with E-state index in [1.807, 2.05) is 23.6 Å². The Labute approximate surface area is 157 Å². The fraction of sp³-hybridized carbons (Fsp3) is 0.833. The molecule has 0 aromatic carbocycles. The molecule has 0 unspecified atom stereocenters. The van der Waals surface area contributed by atoms with E-state index in [9.17, 15) is 4.79 Å². The van der Waals surface area contributed by atoms with Crippen LogP contribution in [0.5, 0.6) is 0 Å². The van der Waals surface area contributed by atoms with Crippen LogP contribution < -0.4 is 5.32 Å². The van der Waals surface area contributed by atoms with Crippen LogP contribution in [0.2, 0.25) is 0 Å². The first-order valence-corrected chi connectivity index (χ1v) is 9.58. The second kappa shape index (κ2) is 9.53. The molecule has 142 valence electrons. The van der Waals surface area contributed by atoms with Crippen molar-refractivity contribution in [3.05, 3.63) is 11.4 Å². The molecule has 25 heavy (non-hydrogen) atoms. The first-order chi connectivity index (χ1) is 11.7. The van der Waals surface area contributed by atoms with Gasteiger partial charge in [0.2, 0.25) is 0 Å². The van der Waals surface area contributed by atoms with Gasteiger partial charge in [0.1, 0.15) is 0 Å². The molecule has 1 saturated carbocycles. The van der Waals surface area contributed by atoms with Gasteiger partial charge in [-0.25, -0.2) is 4.68 Å². The first-order valence-electron chi connectivity index (χ1n) is 9.58. The Morgan fingerprint density at radius 3 is 2.32 bits per heavy atom. The minimum absolute atomic E-state index is 0. The summed E-state index contributed by atoms with van der Waals surface area (Å²) in [7, 11) is 1.94. The van der Waals surface area contributed by atoms with Gasteiger partial charge in [0.15, 0.2) is 5.69 Å². The smallest absolute Gasteiger partial charge is 0.276 e. The van der Waals surface area contributed by atoms with Crippen LogP contribution in [0, 0.1) is 6.92 Å². The summed E-state index contributed by atoms with van der Waals surface area (Å²) in [4.78, 5) is 14.9. The standard InChI is InChI=1S/C18H31N5O.ClH/c1-14-17(20-21-23(14)16-10-12-19-13-11-16)18(24)22(2)15-8-6-4-3-5-7-9-15;/h15-16,19H,3-13H2,1-2H3;1H. The van der Waals surface area contributed by atoms with E-state index in [0.29, 0.717) is 17.8 Å². The number of nitrogens with zero attached hydrogens (tertiary/aromatic N) is 4. The lowest BCUT2D eigenvalue weighted by Crippen LogP contribution is -2.38. The Morgan fingerprint density at radius 1 is 1.08 bits per heavy atom. The van der Waals surface area contributed by atoms with Crippen molar-refractivity contribution < 1.29 is 4.79 Å². The van der Waals surface area contributed by atoms with Crippen LogP contribution >= 0.6 is 12.4 Å². The van der Waals surface area contributed by atoms with E-state index >= 15 is 0 Å². The number of piperidine rings is 1. The summed E-state index contributed by atoms with van der Waals surface area (Å²) < 4.78 is 1.97. The lowest BCUT2D eigenvalue weighted by molar-refractivity contribution is 0.0700. The Balaban J connectivity index is 0.00000225. The second-order valence-electron chi connectivity index (χ2n) is 7.36. The summed E-state index contributed by atoms with van der Waals surface area (Å²) in [5, 5.41) is 11.9. The van der Waals surface area contributed by atoms with Crippen LogP contribution in [-0.4, -0.2) is 52.0 Å². The fourth-order valence-electron chi connectivity index (χ4n) is 4.09. The second-order valence-corrected chi connectivity index (χ2v) is 7.36. The summed E-state index contributed by atoms with van der Waals surface area (Å²) >= 11 is 0. The maximum absolute atomic E-state index is 13.0. The van der Waals surface area contributed by atoms with Gasteiger partial charge in [-0.2, -0.15) is 0 Å². The molecule has 0 spiro atoms. The molecule has 1 saturated heterocycles. The van der Waals surface area contributed by atoms with Crippen LogP contribution in [0.4, 0.5) is 0 Å². The van der Waals surface area contributed by atoms with Gasteiger partial charge in [-0.05, 0) is 45.7 Å². The number of aromatic nitrogens is 3. The van der Waals surface area contributed by atoms with Gasteiger partial charge in [-0.15, -0.1) is 17.5 Å². The van der Waals surface area contributed by atoms with Crippen molar-refractivity contribution in [2.45, 2.75) is 76.8 Å². The summed E-state index contributed by atoms with van der Waals surface area (Å²) in [5.74, 6) is 0.0401. The SMILES string of the molecule is Cc1c(C(=O)N(C)C2CCCCCCC2)nnn1C1CCNCC1.Cl. The molecular formula is C18H32ClN5O. The molecule has 1 N–H and O–H groups in total. The third-order valence-electron chi connectivity index (χ3n) is 5.73. The minimum Gasteiger partial charge on any atom is -0.337 e. The number of amides is 1. The van der Waals surface area contributed by atoms with Crippen LogP contribution in [0.3, 0.4) is 0 Å². The number of hydrogen-bond acceptors (Lipinski definition) is 4. The van der Waals surface area contributed by atoms with Crippen molar-refractivity contribution in [1.82, 2.24) is 25.2 Å². The number of hydrogen-bond donors (Lipinski definition) is 1. The highest BCUT2D eigenvalue weighted by Crippen LogP contribution is 2.24. The molecule has 1 amide bonds. The van der Waals surface area contributed by atoms with Gasteiger partial charge in [0, 0.05) is 13.1 Å². The van der Waals surface area contributed by atoms with Crippen LogP contribution in [0.15, 0.2) is 0 Å². The molecule has 0 bridgehead atoms. The predicted octanol–water partition coefficient (Wildman–Crippen LogP) is 3.12. The van der Waals surface area contributed by atoms with Gasteiger partial charge >= 0.3 is 0 Å². The molecule has 1 aliphatic carbocycles. The number of nitrogens with one attached hydrogen (secondary N) is 1. The molecule has 1 aromatic rings. The number of carbonyl (C=O) groups is 1. The predicted molar refractivity (Wildman–Crippen MR) is 101 cm³/mol. The van der Waals surface area contributed by atoms with Crippen LogP contribution in [0.1, 0.15) is 80.0 Å². The zero-order valence-corrected chi connectivity index (χ0v) is 16.4. The lowest BCUT2D eigenvalue weighted by Gasteiger charge is -2.29. The monoisotopic (exact) mass is 369 g/mol. The average Bonchev–Trinajstić information content (AvgIpc) is 2.96. The zero-order chi connectivity index (χ0) is 16.9. The van der Waals surface area contributed by atoms with Crippen molar-refractivity contribution in [3.63, 3.8) is 0 Å². The van der Waals surface area contributed by atoms with E-state index in [-0.39, 0.29) is 18.3 Å². The van der Waals surface area contributed by atoms with E-state index in [1.54, 1.807) is 0 Å². The van der Waals surface area contributed by atoms with Gasteiger partial charge in [0.25, 0.3) is 5.91 Å². The molecule has 1 aliphatic heterocycles. The van der Waals surface area contributed by atoms with Gasteiger partial charge in [-0.1, -0.05) is 37.3 Å². The number of halogens is 1. The zero-order valence-electron chi connectivity index (χ0n) is 15.5. The molecule has 6 nitrogen and oxygen atoms in total. The molecule has 2 fully saturated rings. The van der Waals surface area contributed by atoms with Gasteiger partial charge in [-0.3, -0.25) is 4.79 Å². The van der Waals surface area contributed by atoms with Crippen LogP contribution in [0.25, 0.3) is 0 Å². The van der Waals surface area contributed by atoms with Gasteiger partial charge in [0.05, 0.1) is 11.7 Å².